The molecule has 0 saturated carbocycles. The molecule has 0 aliphatic heterocycles. The van der Waals surface area contributed by atoms with Gasteiger partial charge in [-0.1, -0.05) is 35.9 Å². The molecule has 12 heavy (non-hydrogen) atoms. The van der Waals surface area contributed by atoms with Gasteiger partial charge in [-0.25, -0.2) is 0 Å². The molecular weight excluding hydrogens is 172 g/mol. The third kappa shape index (κ3) is 1.04. The first-order chi connectivity index (χ1) is 5.79. The SMILES string of the molecule is Cc1nnc(Cl)c2ccccc12. The Hall–Kier alpha value is -1.15. The quantitative estimate of drug-likeness (QED) is 0.620. The van der Waals surface area contributed by atoms with E-state index in [1.165, 1.54) is 0 Å². The molecule has 1 heterocycles. The maximum Gasteiger partial charge on any atom is 0.159 e. The fraction of sp³-hybridized carbons (Fsp3) is 0.111. The Morgan fingerprint density at radius 1 is 1.08 bits per heavy atom. The number of halogens is 1. The molecule has 0 amide bonds. The largest absolute Gasteiger partial charge is 0.159 e. The summed E-state index contributed by atoms with van der Waals surface area (Å²) in [5, 5.41) is 10.2. The number of nitrogens with zero attached hydrogens (tertiary/aromatic N) is 2. The Balaban J connectivity index is 2.95. The molecule has 2 aromatic rings. The van der Waals surface area contributed by atoms with Gasteiger partial charge in [0.15, 0.2) is 5.15 Å². The molecule has 2 nitrogen and oxygen atoms in total. The second kappa shape index (κ2) is 2.72. The van der Waals surface area contributed by atoms with E-state index in [4.69, 9.17) is 11.6 Å². The van der Waals surface area contributed by atoms with Crippen LogP contribution in [0.15, 0.2) is 24.3 Å². The predicted octanol–water partition coefficient (Wildman–Crippen LogP) is 2.59. The van der Waals surface area contributed by atoms with Gasteiger partial charge in [-0.05, 0) is 6.92 Å². The maximum absolute atomic E-state index is 5.86. The zero-order valence-corrected chi connectivity index (χ0v) is 7.34. The van der Waals surface area contributed by atoms with Crippen molar-refractivity contribution >= 4 is 22.4 Å². The van der Waals surface area contributed by atoms with Crippen molar-refractivity contribution in [1.29, 1.82) is 0 Å². The summed E-state index contributed by atoms with van der Waals surface area (Å²) in [7, 11) is 0. The van der Waals surface area contributed by atoms with Crippen molar-refractivity contribution in [1.82, 2.24) is 10.2 Å². The topological polar surface area (TPSA) is 25.8 Å². The lowest BCUT2D eigenvalue weighted by molar-refractivity contribution is 1.00. The van der Waals surface area contributed by atoms with Crippen molar-refractivity contribution < 1.29 is 0 Å². The van der Waals surface area contributed by atoms with Gasteiger partial charge in [0.05, 0.1) is 5.69 Å². The highest BCUT2D eigenvalue weighted by molar-refractivity contribution is 6.34. The Morgan fingerprint density at radius 3 is 2.42 bits per heavy atom. The van der Waals surface area contributed by atoms with Crippen molar-refractivity contribution in [3.63, 3.8) is 0 Å². The number of hydrogen-bond acceptors (Lipinski definition) is 2. The van der Waals surface area contributed by atoms with Crippen molar-refractivity contribution in [3.8, 4) is 0 Å². The molecule has 0 atom stereocenters. The summed E-state index contributed by atoms with van der Waals surface area (Å²) < 4.78 is 0. The Labute approximate surface area is 75.2 Å². The molecule has 0 aliphatic carbocycles. The Bertz CT molecular complexity index is 385. The van der Waals surface area contributed by atoms with Gasteiger partial charge in [0.2, 0.25) is 0 Å². The molecule has 0 unspecified atom stereocenters. The van der Waals surface area contributed by atoms with E-state index in [1.807, 2.05) is 31.2 Å². The molecule has 60 valence electrons. The smallest absolute Gasteiger partial charge is 0.154 e. The number of aryl methyl sites for hydroxylation is 1. The molecule has 0 N–H and O–H groups in total. The van der Waals surface area contributed by atoms with E-state index in [2.05, 4.69) is 10.2 Å². The monoisotopic (exact) mass is 178 g/mol. The summed E-state index contributed by atoms with van der Waals surface area (Å²) in [5.74, 6) is 0. The van der Waals surface area contributed by atoms with E-state index in [0.717, 1.165) is 16.5 Å². The molecule has 0 aliphatic rings. The maximum atomic E-state index is 5.86. The third-order valence-corrected chi connectivity index (χ3v) is 2.11. The minimum atomic E-state index is 0.469. The zero-order valence-electron chi connectivity index (χ0n) is 6.58. The highest BCUT2D eigenvalue weighted by Gasteiger charge is 2.01. The van der Waals surface area contributed by atoms with Crippen LogP contribution in [0.4, 0.5) is 0 Å². The number of benzene rings is 1. The van der Waals surface area contributed by atoms with Crippen molar-refractivity contribution in [3.05, 3.63) is 35.1 Å². The molecule has 3 heteroatoms. The van der Waals surface area contributed by atoms with Gasteiger partial charge in [0.25, 0.3) is 0 Å². The fourth-order valence-corrected chi connectivity index (χ4v) is 1.41. The lowest BCUT2D eigenvalue weighted by Gasteiger charge is -1.99. The summed E-state index contributed by atoms with van der Waals surface area (Å²) >= 11 is 5.86. The highest BCUT2D eigenvalue weighted by atomic mass is 35.5. The number of fused-ring (bicyclic) bond motifs is 1. The molecule has 1 aromatic carbocycles. The average Bonchev–Trinajstić information content (AvgIpc) is 2.12. The summed E-state index contributed by atoms with van der Waals surface area (Å²) in [5.41, 5.74) is 0.912. The summed E-state index contributed by atoms with van der Waals surface area (Å²) in [6, 6.07) is 7.84. The van der Waals surface area contributed by atoms with Gasteiger partial charge in [-0.3, -0.25) is 0 Å². The molecule has 2 rings (SSSR count). The molecule has 0 bridgehead atoms. The molecule has 1 aromatic heterocycles. The van der Waals surface area contributed by atoms with E-state index in [-0.39, 0.29) is 0 Å². The van der Waals surface area contributed by atoms with Gasteiger partial charge < -0.3 is 0 Å². The van der Waals surface area contributed by atoms with Gasteiger partial charge in [0, 0.05) is 10.8 Å². The van der Waals surface area contributed by atoms with Crippen LogP contribution in [0.3, 0.4) is 0 Å². The molecule has 0 spiro atoms. The van der Waals surface area contributed by atoms with Crippen LogP contribution in [-0.2, 0) is 0 Å². The van der Waals surface area contributed by atoms with Crippen LogP contribution in [0, 0.1) is 6.92 Å². The standard InChI is InChI=1S/C9H7ClN2/c1-6-7-4-2-3-5-8(7)9(10)12-11-6/h2-5H,1H3. The van der Waals surface area contributed by atoms with Gasteiger partial charge >= 0.3 is 0 Å². The first kappa shape index (κ1) is 7.50. The van der Waals surface area contributed by atoms with Crippen molar-refractivity contribution in [2.24, 2.45) is 0 Å². The second-order valence-electron chi connectivity index (χ2n) is 2.62. The minimum absolute atomic E-state index is 0.469. The van der Waals surface area contributed by atoms with Crippen LogP contribution in [0.1, 0.15) is 5.69 Å². The lowest BCUT2D eigenvalue weighted by Crippen LogP contribution is -1.89. The van der Waals surface area contributed by atoms with E-state index in [0.29, 0.717) is 5.15 Å². The van der Waals surface area contributed by atoms with Crippen LogP contribution in [0.5, 0.6) is 0 Å². The Kier molecular flexibility index (Phi) is 1.70. The molecule has 0 radical (unpaired) electrons. The number of hydrogen-bond donors (Lipinski definition) is 0. The van der Waals surface area contributed by atoms with Crippen LogP contribution in [-0.4, -0.2) is 10.2 Å². The number of aromatic nitrogens is 2. The normalized spacial score (nSPS) is 10.5. The van der Waals surface area contributed by atoms with Gasteiger partial charge in [-0.15, -0.1) is 5.10 Å². The predicted molar refractivity (Wildman–Crippen MR) is 49.3 cm³/mol. The average molecular weight is 179 g/mol. The summed E-state index contributed by atoms with van der Waals surface area (Å²) in [6.07, 6.45) is 0. The van der Waals surface area contributed by atoms with Crippen LogP contribution >= 0.6 is 11.6 Å². The number of rotatable bonds is 0. The van der Waals surface area contributed by atoms with Gasteiger partial charge in [0.1, 0.15) is 0 Å². The highest BCUT2D eigenvalue weighted by Crippen LogP contribution is 2.21. The van der Waals surface area contributed by atoms with Gasteiger partial charge in [-0.2, -0.15) is 5.10 Å². The van der Waals surface area contributed by atoms with E-state index >= 15 is 0 Å². The second-order valence-corrected chi connectivity index (χ2v) is 2.98. The first-order valence-electron chi connectivity index (χ1n) is 3.66. The van der Waals surface area contributed by atoms with E-state index in [1.54, 1.807) is 0 Å². The lowest BCUT2D eigenvalue weighted by atomic mass is 10.1. The third-order valence-electron chi connectivity index (χ3n) is 1.83. The Morgan fingerprint density at radius 2 is 1.75 bits per heavy atom. The summed E-state index contributed by atoms with van der Waals surface area (Å²) in [4.78, 5) is 0. The van der Waals surface area contributed by atoms with Crippen molar-refractivity contribution in [2.45, 2.75) is 6.92 Å². The molecular formula is C9H7ClN2. The van der Waals surface area contributed by atoms with E-state index < -0.39 is 0 Å². The van der Waals surface area contributed by atoms with E-state index in [9.17, 15) is 0 Å². The van der Waals surface area contributed by atoms with Crippen LogP contribution in [0.2, 0.25) is 5.15 Å². The summed E-state index contributed by atoms with van der Waals surface area (Å²) in [6.45, 7) is 1.92. The molecule has 0 saturated heterocycles. The first-order valence-corrected chi connectivity index (χ1v) is 4.04. The zero-order chi connectivity index (χ0) is 8.55. The van der Waals surface area contributed by atoms with Crippen LogP contribution in [0.25, 0.3) is 10.8 Å². The van der Waals surface area contributed by atoms with Crippen molar-refractivity contribution in [2.75, 3.05) is 0 Å². The fourth-order valence-electron chi connectivity index (χ4n) is 1.21. The van der Waals surface area contributed by atoms with Crippen LogP contribution < -0.4 is 0 Å². The molecule has 0 fully saturated rings. The minimum Gasteiger partial charge on any atom is -0.154 e.